The molecule has 0 bridgehead atoms. The van der Waals surface area contributed by atoms with Crippen LogP contribution < -0.4 is 0 Å². The van der Waals surface area contributed by atoms with Crippen LogP contribution in [0.1, 0.15) is 0 Å². The summed E-state index contributed by atoms with van der Waals surface area (Å²) in [6, 6.07) is 0. The van der Waals surface area contributed by atoms with Crippen LogP contribution in [0.2, 0.25) is 26.2 Å². The fraction of sp³-hybridized carbons (Fsp3) is 0.333. The van der Waals surface area contributed by atoms with E-state index in [2.05, 4.69) is 52.5 Å². The van der Waals surface area contributed by atoms with Gasteiger partial charge in [0.2, 0.25) is 0 Å². The first-order valence-electron chi connectivity index (χ1n) is 6.30. The molecule has 0 atom stereocenters. The zero-order valence-corrected chi connectivity index (χ0v) is 17.0. The molecule has 0 heterocycles. The van der Waals surface area contributed by atoms with Crippen molar-refractivity contribution in [1.29, 1.82) is 0 Å². The molecule has 0 rings (SSSR count). The molecule has 0 aromatic heterocycles. The second-order valence-electron chi connectivity index (χ2n) is 5.01. The molecule has 3 nitrogen and oxygen atoms in total. The van der Waals surface area contributed by atoms with Crippen LogP contribution in [0.3, 0.4) is 0 Å². The van der Waals surface area contributed by atoms with E-state index < -0.39 is 35.2 Å². The van der Waals surface area contributed by atoms with Crippen LogP contribution in [-0.4, -0.2) is 35.2 Å². The Morgan fingerprint density at radius 2 is 1.21 bits per heavy atom. The molecule has 0 saturated heterocycles. The van der Waals surface area contributed by atoms with E-state index in [9.17, 15) is 0 Å². The van der Waals surface area contributed by atoms with Gasteiger partial charge in [0.15, 0.2) is 8.32 Å². The molecular weight excluding hydrogens is 304 g/mol. The summed E-state index contributed by atoms with van der Waals surface area (Å²) in [7, 11) is -7.72. The minimum Gasteiger partial charge on any atom is -0.436 e. The first-order valence-corrected chi connectivity index (χ1v) is 15.6. The van der Waals surface area contributed by atoms with Gasteiger partial charge in [-0.1, -0.05) is 6.55 Å². The SMILES string of the molecule is C=C[Si](C=C)(O[SiH2]C)O[Si](C=C)(C=C)O[Si](C)(C)C. The molecule has 0 aliphatic carbocycles. The van der Waals surface area contributed by atoms with Gasteiger partial charge in [0, 0.05) is 0 Å². The Hall–Kier alpha value is -0.292. The predicted octanol–water partition coefficient (Wildman–Crippen LogP) is 2.79. The van der Waals surface area contributed by atoms with Crippen molar-refractivity contribution in [3.63, 3.8) is 0 Å². The van der Waals surface area contributed by atoms with Gasteiger partial charge < -0.3 is 12.3 Å². The maximum absolute atomic E-state index is 6.27. The summed E-state index contributed by atoms with van der Waals surface area (Å²) >= 11 is 0. The van der Waals surface area contributed by atoms with Gasteiger partial charge in [-0.3, -0.25) is 0 Å². The van der Waals surface area contributed by atoms with Crippen molar-refractivity contribution < 1.29 is 12.3 Å². The normalized spacial score (nSPS) is 13.5. The summed E-state index contributed by atoms with van der Waals surface area (Å²) in [5.41, 5.74) is 7.01. The lowest BCUT2D eigenvalue weighted by molar-refractivity contribution is 0.359. The highest BCUT2D eigenvalue weighted by Crippen LogP contribution is 2.24. The molecular formula is C12H26O3Si4. The maximum atomic E-state index is 6.27. The van der Waals surface area contributed by atoms with Crippen molar-refractivity contribution in [3.8, 4) is 0 Å². The van der Waals surface area contributed by atoms with Crippen LogP contribution in [0.5, 0.6) is 0 Å². The molecule has 108 valence electrons. The van der Waals surface area contributed by atoms with E-state index in [1.165, 1.54) is 0 Å². The van der Waals surface area contributed by atoms with Crippen molar-refractivity contribution >= 4 is 35.2 Å². The van der Waals surface area contributed by atoms with E-state index in [1.54, 1.807) is 22.8 Å². The van der Waals surface area contributed by atoms with Crippen LogP contribution in [-0.2, 0) is 12.3 Å². The first kappa shape index (κ1) is 18.7. The smallest absolute Gasteiger partial charge is 0.372 e. The largest absolute Gasteiger partial charge is 0.436 e. The van der Waals surface area contributed by atoms with Gasteiger partial charge in [-0.25, -0.2) is 0 Å². The number of rotatable bonds is 10. The van der Waals surface area contributed by atoms with E-state index in [0.717, 1.165) is 0 Å². The molecule has 0 aliphatic rings. The van der Waals surface area contributed by atoms with Gasteiger partial charge in [-0.15, -0.1) is 26.3 Å². The third-order valence-electron chi connectivity index (χ3n) is 2.29. The summed E-state index contributed by atoms with van der Waals surface area (Å²) < 4.78 is 18.4. The van der Waals surface area contributed by atoms with E-state index in [4.69, 9.17) is 12.3 Å². The topological polar surface area (TPSA) is 27.7 Å². The van der Waals surface area contributed by atoms with Crippen LogP contribution >= 0.6 is 0 Å². The molecule has 0 radical (unpaired) electrons. The zero-order chi connectivity index (χ0) is 15.2. The molecule has 0 aromatic carbocycles. The third kappa shape index (κ3) is 5.69. The first-order chi connectivity index (χ1) is 8.72. The summed E-state index contributed by atoms with van der Waals surface area (Å²) in [5.74, 6) is 0. The fourth-order valence-electron chi connectivity index (χ4n) is 1.54. The van der Waals surface area contributed by atoms with Crippen molar-refractivity contribution in [2.24, 2.45) is 0 Å². The molecule has 7 heteroatoms. The molecule has 19 heavy (non-hydrogen) atoms. The van der Waals surface area contributed by atoms with Crippen molar-refractivity contribution in [1.82, 2.24) is 0 Å². The Kier molecular flexibility index (Phi) is 7.36. The van der Waals surface area contributed by atoms with Crippen molar-refractivity contribution in [3.05, 3.63) is 49.1 Å². The van der Waals surface area contributed by atoms with E-state index in [0.29, 0.717) is 0 Å². The Morgan fingerprint density at radius 1 is 0.789 bits per heavy atom. The van der Waals surface area contributed by atoms with E-state index in [-0.39, 0.29) is 0 Å². The summed E-state index contributed by atoms with van der Waals surface area (Å²) in [5, 5.41) is 0. The lowest BCUT2D eigenvalue weighted by Crippen LogP contribution is -2.55. The molecule has 0 unspecified atom stereocenters. The molecule has 0 fully saturated rings. The Labute approximate surface area is 123 Å². The highest BCUT2D eigenvalue weighted by Gasteiger charge is 2.44. The molecule has 0 aliphatic heterocycles. The Morgan fingerprint density at radius 3 is 1.47 bits per heavy atom. The van der Waals surface area contributed by atoms with Gasteiger partial charge in [-0.05, 0) is 42.4 Å². The molecule has 0 aromatic rings. The second-order valence-corrected chi connectivity index (χ2v) is 17.1. The standard InChI is InChI=1S/C12H26O3Si4/c1-9-18(10-2,13-16-5)15-19(11-3,12-4)14-17(6,7)8/h9-12H,1-4,16H2,5-8H3. The molecule has 0 amide bonds. The lowest BCUT2D eigenvalue weighted by Gasteiger charge is -2.37. The minimum absolute atomic E-state index is 0.635. The predicted molar refractivity (Wildman–Crippen MR) is 93.3 cm³/mol. The fourth-order valence-corrected chi connectivity index (χ4v) is 13.7. The zero-order valence-electron chi connectivity index (χ0n) is 12.6. The Bertz CT molecular complexity index is 333. The van der Waals surface area contributed by atoms with Crippen LogP contribution in [0.15, 0.2) is 49.1 Å². The summed E-state index contributed by atoms with van der Waals surface area (Å²) in [4.78, 5) is 0. The van der Waals surface area contributed by atoms with E-state index >= 15 is 0 Å². The highest BCUT2D eigenvalue weighted by atomic mass is 28.5. The average molecular weight is 331 g/mol. The van der Waals surface area contributed by atoms with Crippen LogP contribution in [0.4, 0.5) is 0 Å². The van der Waals surface area contributed by atoms with Gasteiger partial charge in [-0.2, -0.15) is 0 Å². The van der Waals surface area contributed by atoms with Gasteiger partial charge >= 0.3 is 17.1 Å². The van der Waals surface area contributed by atoms with Crippen molar-refractivity contribution in [2.45, 2.75) is 26.2 Å². The second kappa shape index (κ2) is 7.48. The van der Waals surface area contributed by atoms with Crippen LogP contribution in [0.25, 0.3) is 0 Å². The monoisotopic (exact) mass is 330 g/mol. The minimum atomic E-state index is -2.69. The highest BCUT2D eigenvalue weighted by molar-refractivity contribution is 6.95. The summed E-state index contributed by atoms with van der Waals surface area (Å²) in [6.07, 6.45) is 0. The van der Waals surface area contributed by atoms with Crippen molar-refractivity contribution in [2.75, 3.05) is 0 Å². The van der Waals surface area contributed by atoms with Crippen LogP contribution in [0, 0.1) is 0 Å². The average Bonchev–Trinajstić information content (AvgIpc) is 2.35. The number of hydrogen-bond donors (Lipinski definition) is 0. The van der Waals surface area contributed by atoms with E-state index in [1.807, 2.05) is 0 Å². The molecule has 0 N–H and O–H groups in total. The Balaban J connectivity index is 5.41. The quantitative estimate of drug-likeness (QED) is 0.577. The van der Waals surface area contributed by atoms with Gasteiger partial charge in [0.05, 0.1) is 0 Å². The van der Waals surface area contributed by atoms with Gasteiger partial charge in [0.25, 0.3) is 0 Å². The van der Waals surface area contributed by atoms with Gasteiger partial charge in [0.1, 0.15) is 9.76 Å². The third-order valence-corrected chi connectivity index (χ3v) is 13.8. The number of hydrogen-bond acceptors (Lipinski definition) is 3. The molecule has 0 spiro atoms. The lowest BCUT2D eigenvalue weighted by atomic mass is 11.2. The summed E-state index contributed by atoms with van der Waals surface area (Å²) in [6.45, 7) is 23.8. The maximum Gasteiger partial charge on any atom is 0.372 e. The molecule has 0 saturated carbocycles.